The number of sulfonamides is 1. The van der Waals surface area contributed by atoms with Gasteiger partial charge in [0, 0.05) is 13.6 Å². The average molecular weight is 355 g/mol. The number of para-hydroxylation sites is 1. The molecule has 7 nitrogen and oxygen atoms in total. The van der Waals surface area contributed by atoms with Crippen molar-refractivity contribution < 1.29 is 13.2 Å². The highest BCUT2D eigenvalue weighted by molar-refractivity contribution is 7.92. The molecule has 0 fully saturated rings. The normalized spacial score (nSPS) is 11.0. The van der Waals surface area contributed by atoms with E-state index in [-0.39, 0.29) is 28.0 Å². The van der Waals surface area contributed by atoms with Gasteiger partial charge in [0.2, 0.25) is 5.03 Å². The molecule has 1 aromatic heterocycles. The summed E-state index contributed by atoms with van der Waals surface area (Å²) in [4.78, 5) is 15.9. The fraction of sp³-hybridized carbons (Fsp3) is 0.143. The maximum Gasteiger partial charge on any atom is 0.282 e. The maximum atomic E-state index is 12.4. The van der Waals surface area contributed by atoms with Crippen molar-refractivity contribution in [1.29, 1.82) is 0 Å². The number of benzene rings is 1. The van der Waals surface area contributed by atoms with Gasteiger partial charge in [-0.05, 0) is 12.1 Å². The number of aromatic nitrogens is 2. The summed E-state index contributed by atoms with van der Waals surface area (Å²) >= 11 is 5.92. The second-order valence-electron chi connectivity index (χ2n) is 4.60. The Bertz CT molecular complexity index is 845. The Morgan fingerprint density at radius 3 is 2.74 bits per heavy atom. The highest BCUT2D eigenvalue weighted by atomic mass is 35.5. The number of hydrogen-bond donors (Lipinski definition) is 2. The predicted molar refractivity (Wildman–Crippen MR) is 88.0 cm³/mol. The molecule has 122 valence electrons. The summed E-state index contributed by atoms with van der Waals surface area (Å²) in [6.45, 7) is 3.78. The van der Waals surface area contributed by atoms with Gasteiger partial charge in [-0.25, -0.2) is 4.98 Å². The summed E-state index contributed by atoms with van der Waals surface area (Å²) in [7, 11) is -2.44. The van der Waals surface area contributed by atoms with E-state index in [0.29, 0.717) is 0 Å². The van der Waals surface area contributed by atoms with Gasteiger partial charge in [-0.2, -0.15) is 8.42 Å². The highest BCUT2D eigenvalue weighted by Gasteiger charge is 2.24. The molecule has 23 heavy (non-hydrogen) atoms. The first-order valence-electron chi connectivity index (χ1n) is 6.54. The molecule has 0 unspecified atom stereocenters. The van der Waals surface area contributed by atoms with Gasteiger partial charge in [-0.1, -0.05) is 29.8 Å². The third kappa shape index (κ3) is 3.72. The molecule has 0 bridgehead atoms. The standard InChI is InChI=1S/C14H15ClN4O3S/c1-3-8-16-13(20)10-6-4-5-7-11(10)18-23(21,22)14-12(15)19(2)9-17-14/h3-7,9,18H,1,8H2,2H3,(H,16,20). The molecule has 0 aliphatic carbocycles. The lowest BCUT2D eigenvalue weighted by atomic mass is 10.1. The molecular formula is C14H15ClN4O3S. The van der Waals surface area contributed by atoms with Crippen LogP contribution in [0.3, 0.4) is 0 Å². The van der Waals surface area contributed by atoms with Gasteiger partial charge in [0.1, 0.15) is 5.15 Å². The van der Waals surface area contributed by atoms with E-state index in [1.807, 2.05) is 0 Å². The molecule has 2 N–H and O–H groups in total. The summed E-state index contributed by atoms with van der Waals surface area (Å²) < 4.78 is 28.5. The molecule has 0 radical (unpaired) electrons. The minimum absolute atomic E-state index is 0.0221. The summed E-state index contributed by atoms with van der Waals surface area (Å²) in [5, 5.41) is 2.27. The van der Waals surface area contributed by atoms with Crippen molar-refractivity contribution in [1.82, 2.24) is 14.9 Å². The number of carbonyl (C=O) groups excluding carboxylic acids is 1. The molecule has 0 saturated carbocycles. The van der Waals surface area contributed by atoms with Crippen molar-refractivity contribution in [2.45, 2.75) is 5.03 Å². The molecule has 2 rings (SSSR count). The smallest absolute Gasteiger partial charge is 0.282 e. The zero-order valence-electron chi connectivity index (χ0n) is 12.3. The second kappa shape index (κ2) is 6.84. The fourth-order valence-corrected chi connectivity index (χ4v) is 3.31. The molecule has 1 heterocycles. The Morgan fingerprint density at radius 2 is 2.13 bits per heavy atom. The van der Waals surface area contributed by atoms with E-state index in [4.69, 9.17) is 11.6 Å². The van der Waals surface area contributed by atoms with Crippen LogP contribution in [0.4, 0.5) is 5.69 Å². The van der Waals surface area contributed by atoms with E-state index in [1.165, 1.54) is 29.1 Å². The molecule has 9 heteroatoms. The quantitative estimate of drug-likeness (QED) is 0.773. The molecule has 0 aliphatic heterocycles. The van der Waals surface area contributed by atoms with Crippen LogP contribution in [0.1, 0.15) is 10.4 Å². The topological polar surface area (TPSA) is 93.1 Å². The Kier molecular flexibility index (Phi) is 5.07. The zero-order chi connectivity index (χ0) is 17.0. The monoisotopic (exact) mass is 354 g/mol. The van der Waals surface area contributed by atoms with Crippen molar-refractivity contribution in [3.05, 3.63) is 54.0 Å². The summed E-state index contributed by atoms with van der Waals surface area (Å²) in [6.07, 6.45) is 2.82. The van der Waals surface area contributed by atoms with Gasteiger partial charge in [0.05, 0.1) is 17.6 Å². The van der Waals surface area contributed by atoms with Crippen LogP contribution < -0.4 is 10.0 Å². The number of nitrogens with one attached hydrogen (secondary N) is 2. The first kappa shape index (κ1) is 17.0. The minimum Gasteiger partial charge on any atom is -0.349 e. The largest absolute Gasteiger partial charge is 0.349 e. The molecular weight excluding hydrogens is 340 g/mol. The molecule has 0 aliphatic rings. The second-order valence-corrected chi connectivity index (χ2v) is 6.56. The maximum absolute atomic E-state index is 12.4. The molecule has 0 atom stereocenters. The van der Waals surface area contributed by atoms with Crippen LogP contribution in [0.2, 0.25) is 5.15 Å². The fourth-order valence-electron chi connectivity index (χ4n) is 1.80. The van der Waals surface area contributed by atoms with Crippen LogP contribution in [-0.4, -0.2) is 30.4 Å². The van der Waals surface area contributed by atoms with Gasteiger partial charge in [-0.15, -0.1) is 6.58 Å². The van der Waals surface area contributed by atoms with E-state index < -0.39 is 15.9 Å². The van der Waals surface area contributed by atoms with E-state index in [9.17, 15) is 13.2 Å². The van der Waals surface area contributed by atoms with Gasteiger partial charge >= 0.3 is 0 Å². The number of hydrogen-bond acceptors (Lipinski definition) is 4. The number of halogens is 1. The van der Waals surface area contributed by atoms with Gasteiger partial charge in [0.25, 0.3) is 15.9 Å². The molecule has 1 aromatic carbocycles. The number of nitrogens with zero attached hydrogens (tertiary/aromatic N) is 2. The first-order chi connectivity index (χ1) is 10.9. The van der Waals surface area contributed by atoms with Crippen LogP contribution in [0.5, 0.6) is 0 Å². The minimum atomic E-state index is -4.01. The molecule has 0 saturated heterocycles. The van der Waals surface area contributed by atoms with Crippen LogP contribution in [-0.2, 0) is 17.1 Å². The Balaban J connectivity index is 2.35. The Hall–Kier alpha value is -2.32. The lowest BCUT2D eigenvalue weighted by Gasteiger charge is -2.11. The number of anilines is 1. The lowest BCUT2D eigenvalue weighted by Crippen LogP contribution is -2.25. The highest BCUT2D eigenvalue weighted by Crippen LogP contribution is 2.23. The van der Waals surface area contributed by atoms with Gasteiger partial charge in [-0.3, -0.25) is 9.52 Å². The van der Waals surface area contributed by atoms with E-state index in [0.717, 1.165) is 0 Å². The van der Waals surface area contributed by atoms with Crippen molar-refractivity contribution in [3.63, 3.8) is 0 Å². The van der Waals surface area contributed by atoms with E-state index in [2.05, 4.69) is 21.6 Å². The van der Waals surface area contributed by atoms with Crippen molar-refractivity contribution >= 4 is 33.2 Å². The number of amides is 1. The van der Waals surface area contributed by atoms with Gasteiger partial charge < -0.3 is 9.88 Å². The lowest BCUT2D eigenvalue weighted by molar-refractivity contribution is 0.0959. The van der Waals surface area contributed by atoms with E-state index in [1.54, 1.807) is 19.2 Å². The van der Waals surface area contributed by atoms with Crippen molar-refractivity contribution in [2.24, 2.45) is 7.05 Å². The van der Waals surface area contributed by atoms with Crippen LogP contribution >= 0.6 is 11.6 Å². The predicted octanol–water partition coefficient (Wildman–Crippen LogP) is 1.79. The first-order valence-corrected chi connectivity index (χ1v) is 8.40. The molecule has 2 aromatic rings. The van der Waals surface area contributed by atoms with Crippen molar-refractivity contribution in [3.8, 4) is 0 Å². The molecule has 0 spiro atoms. The van der Waals surface area contributed by atoms with Gasteiger partial charge in [0.15, 0.2) is 0 Å². The third-order valence-electron chi connectivity index (χ3n) is 2.91. The zero-order valence-corrected chi connectivity index (χ0v) is 13.9. The van der Waals surface area contributed by atoms with Crippen LogP contribution in [0.15, 0.2) is 48.3 Å². The number of imidazole rings is 1. The number of rotatable bonds is 6. The number of carbonyl (C=O) groups is 1. The SMILES string of the molecule is C=CCNC(=O)c1ccccc1NS(=O)(=O)c1ncn(C)c1Cl. The Morgan fingerprint density at radius 1 is 1.43 bits per heavy atom. The Labute approximate surface area is 139 Å². The average Bonchev–Trinajstić information content (AvgIpc) is 2.85. The summed E-state index contributed by atoms with van der Waals surface area (Å²) in [6, 6.07) is 6.24. The summed E-state index contributed by atoms with van der Waals surface area (Å²) in [5.74, 6) is -0.421. The summed E-state index contributed by atoms with van der Waals surface area (Å²) in [5.41, 5.74) is 0.320. The van der Waals surface area contributed by atoms with E-state index >= 15 is 0 Å². The third-order valence-corrected chi connectivity index (χ3v) is 4.77. The molecule has 1 amide bonds. The van der Waals surface area contributed by atoms with Crippen LogP contribution in [0, 0.1) is 0 Å². The van der Waals surface area contributed by atoms with Crippen LogP contribution in [0.25, 0.3) is 0 Å². The van der Waals surface area contributed by atoms with Crippen molar-refractivity contribution in [2.75, 3.05) is 11.3 Å². The number of aryl methyl sites for hydroxylation is 1.